The first-order valence-electron chi connectivity index (χ1n) is 8.48. The van der Waals surface area contributed by atoms with Gasteiger partial charge in [0.15, 0.2) is 0 Å². The van der Waals surface area contributed by atoms with E-state index in [0.29, 0.717) is 28.7 Å². The molecule has 2 aromatic carbocycles. The SMILES string of the molecule is COC=C(C(=O)OC)c1ccccc1Oc1cc(Oc2ccccc2)ccn1. The maximum absolute atomic E-state index is 12.1. The number of benzene rings is 2. The third-order valence-corrected chi connectivity index (χ3v) is 3.72. The monoisotopic (exact) mass is 377 g/mol. The van der Waals surface area contributed by atoms with E-state index in [4.69, 9.17) is 18.9 Å². The molecule has 3 rings (SSSR count). The van der Waals surface area contributed by atoms with Crippen LogP contribution < -0.4 is 9.47 Å². The van der Waals surface area contributed by atoms with Crippen LogP contribution in [0.2, 0.25) is 0 Å². The molecule has 0 aliphatic rings. The fraction of sp³-hybridized carbons (Fsp3) is 0.0909. The van der Waals surface area contributed by atoms with Gasteiger partial charge in [0.05, 0.1) is 20.5 Å². The first kappa shape index (κ1) is 19.0. The Kier molecular flexibility index (Phi) is 6.25. The molecule has 0 fully saturated rings. The van der Waals surface area contributed by atoms with Crippen molar-refractivity contribution in [2.45, 2.75) is 0 Å². The summed E-state index contributed by atoms with van der Waals surface area (Å²) in [5.74, 6) is 1.50. The van der Waals surface area contributed by atoms with Crippen LogP contribution in [0.15, 0.2) is 79.2 Å². The van der Waals surface area contributed by atoms with Crippen LogP contribution in [0, 0.1) is 0 Å². The van der Waals surface area contributed by atoms with E-state index in [1.807, 2.05) is 30.3 Å². The number of esters is 1. The molecule has 0 unspecified atom stereocenters. The van der Waals surface area contributed by atoms with Crippen LogP contribution in [0.5, 0.6) is 23.1 Å². The number of hydrogen-bond acceptors (Lipinski definition) is 6. The van der Waals surface area contributed by atoms with Crippen molar-refractivity contribution in [2.24, 2.45) is 0 Å². The summed E-state index contributed by atoms with van der Waals surface area (Å²) in [7, 11) is 2.76. The van der Waals surface area contributed by atoms with Gasteiger partial charge in [-0.05, 0) is 24.3 Å². The van der Waals surface area contributed by atoms with E-state index in [1.54, 1.807) is 42.6 Å². The van der Waals surface area contributed by atoms with Gasteiger partial charge in [-0.2, -0.15) is 0 Å². The first-order valence-corrected chi connectivity index (χ1v) is 8.48. The van der Waals surface area contributed by atoms with E-state index in [1.165, 1.54) is 20.5 Å². The summed E-state index contributed by atoms with van der Waals surface area (Å²) < 4.78 is 21.6. The summed E-state index contributed by atoms with van der Waals surface area (Å²) in [4.78, 5) is 16.3. The number of aromatic nitrogens is 1. The van der Waals surface area contributed by atoms with Gasteiger partial charge in [0.2, 0.25) is 5.88 Å². The Morgan fingerprint density at radius 3 is 2.39 bits per heavy atom. The van der Waals surface area contributed by atoms with Crippen LogP contribution >= 0.6 is 0 Å². The van der Waals surface area contributed by atoms with Crippen LogP contribution in [-0.4, -0.2) is 25.2 Å². The Morgan fingerprint density at radius 1 is 0.893 bits per heavy atom. The fourth-order valence-corrected chi connectivity index (χ4v) is 2.48. The molecule has 0 bridgehead atoms. The third-order valence-electron chi connectivity index (χ3n) is 3.72. The van der Waals surface area contributed by atoms with Gasteiger partial charge in [0.1, 0.15) is 22.8 Å². The smallest absolute Gasteiger partial charge is 0.341 e. The lowest BCUT2D eigenvalue weighted by Gasteiger charge is -2.13. The highest BCUT2D eigenvalue weighted by Gasteiger charge is 2.18. The Hall–Kier alpha value is -3.80. The highest BCUT2D eigenvalue weighted by molar-refractivity contribution is 6.17. The van der Waals surface area contributed by atoms with Gasteiger partial charge in [0.25, 0.3) is 0 Å². The number of pyridine rings is 1. The molecule has 0 saturated heterocycles. The molecule has 28 heavy (non-hydrogen) atoms. The number of carbonyl (C=O) groups is 1. The molecule has 6 heteroatoms. The van der Waals surface area contributed by atoms with Gasteiger partial charge in [-0.3, -0.25) is 0 Å². The predicted octanol–water partition coefficient (Wildman–Crippen LogP) is 4.83. The van der Waals surface area contributed by atoms with E-state index in [0.717, 1.165) is 0 Å². The van der Waals surface area contributed by atoms with Crippen molar-refractivity contribution >= 4 is 11.5 Å². The average Bonchev–Trinajstić information content (AvgIpc) is 2.73. The molecule has 1 aromatic heterocycles. The van der Waals surface area contributed by atoms with Gasteiger partial charge >= 0.3 is 5.97 Å². The van der Waals surface area contributed by atoms with Gasteiger partial charge in [-0.1, -0.05) is 36.4 Å². The molecule has 0 spiro atoms. The minimum atomic E-state index is -0.535. The topological polar surface area (TPSA) is 66.9 Å². The van der Waals surface area contributed by atoms with Crippen molar-refractivity contribution in [3.63, 3.8) is 0 Å². The van der Waals surface area contributed by atoms with Crippen molar-refractivity contribution in [1.82, 2.24) is 4.98 Å². The lowest BCUT2D eigenvalue weighted by Crippen LogP contribution is -2.06. The van der Waals surface area contributed by atoms with Crippen LogP contribution in [0.3, 0.4) is 0 Å². The third kappa shape index (κ3) is 4.67. The summed E-state index contributed by atoms with van der Waals surface area (Å²) in [6, 6.07) is 19.9. The number of hydrogen-bond donors (Lipinski definition) is 0. The molecule has 0 N–H and O–H groups in total. The predicted molar refractivity (Wildman–Crippen MR) is 104 cm³/mol. The fourth-order valence-electron chi connectivity index (χ4n) is 2.48. The number of para-hydroxylation sites is 2. The molecule has 0 saturated carbocycles. The highest BCUT2D eigenvalue weighted by atomic mass is 16.5. The van der Waals surface area contributed by atoms with Crippen molar-refractivity contribution in [1.29, 1.82) is 0 Å². The zero-order valence-electron chi connectivity index (χ0n) is 15.5. The molecular weight excluding hydrogens is 358 g/mol. The Morgan fingerprint density at radius 2 is 1.64 bits per heavy atom. The second-order valence-electron chi connectivity index (χ2n) is 5.60. The normalized spacial score (nSPS) is 10.9. The minimum Gasteiger partial charge on any atom is -0.503 e. The van der Waals surface area contributed by atoms with E-state index in [2.05, 4.69) is 4.98 Å². The summed E-state index contributed by atoms with van der Waals surface area (Å²) in [5, 5.41) is 0. The molecule has 3 aromatic rings. The quantitative estimate of drug-likeness (QED) is 0.334. The van der Waals surface area contributed by atoms with E-state index in [-0.39, 0.29) is 5.57 Å². The van der Waals surface area contributed by atoms with Crippen LogP contribution in [0.25, 0.3) is 5.57 Å². The van der Waals surface area contributed by atoms with E-state index in [9.17, 15) is 4.79 Å². The van der Waals surface area contributed by atoms with Crippen LogP contribution in [-0.2, 0) is 14.3 Å². The molecule has 0 aliphatic heterocycles. The number of nitrogens with zero attached hydrogens (tertiary/aromatic N) is 1. The Labute approximate surface area is 163 Å². The molecule has 0 aliphatic carbocycles. The lowest BCUT2D eigenvalue weighted by molar-refractivity contribution is -0.133. The second kappa shape index (κ2) is 9.23. The summed E-state index contributed by atoms with van der Waals surface area (Å²) in [5.41, 5.74) is 0.754. The summed E-state index contributed by atoms with van der Waals surface area (Å²) in [6.07, 6.45) is 2.90. The molecular formula is C22H19NO5. The molecule has 0 amide bonds. The number of carbonyl (C=O) groups excluding carboxylic acids is 1. The van der Waals surface area contributed by atoms with Gasteiger partial charge in [0, 0.05) is 17.8 Å². The number of rotatable bonds is 7. The molecule has 6 nitrogen and oxygen atoms in total. The van der Waals surface area contributed by atoms with Crippen molar-refractivity contribution < 1.29 is 23.7 Å². The second-order valence-corrected chi connectivity index (χ2v) is 5.60. The lowest BCUT2D eigenvalue weighted by atomic mass is 10.1. The molecule has 0 atom stereocenters. The number of ether oxygens (including phenoxy) is 4. The zero-order chi connectivity index (χ0) is 19.8. The van der Waals surface area contributed by atoms with Crippen molar-refractivity contribution in [2.75, 3.05) is 14.2 Å². The number of methoxy groups -OCH3 is 2. The van der Waals surface area contributed by atoms with E-state index < -0.39 is 5.97 Å². The zero-order valence-corrected chi connectivity index (χ0v) is 15.5. The van der Waals surface area contributed by atoms with Crippen LogP contribution in [0.1, 0.15) is 5.56 Å². The average molecular weight is 377 g/mol. The minimum absolute atomic E-state index is 0.234. The van der Waals surface area contributed by atoms with Crippen LogP contribution in [0.4, 0.5) is 0 Å². The molecule has 142 valence electrons. The van der Waals surface area contributed by atoms with Crippen molar-refractivity contribution in [3.8, 4) is 23.1 Å². The highest BCUT2D eigenvalue weighted by Crippen LogP contribution is 2.32. The van der Waals surface area contributed by atoms with Gasteiger partial charge in [-0.25, -0.2) is 9.78 Å². The van der Waals surface area contributed by atoms with Gasteiger partial charge < -0.3 is 18.9 Å². The van der Waals surface area contributed by atoms with Crippen molar-refractivity contribution in [3.05, 3.63) is 84.8 Å². The standard InChI is InChI=1S/C22H19NO5/c1-25-15-19(22(24)26-2)18-10-6-7-11-20(18)28-21-14-17(12-13-23-21)27-16-8-4-3-5-9-16/h3-15H,1-2H3. The Bertz CT molecular complexity index is 969. The largest absolute Gasteiger partial charge is 0.503 e. The summed E-state index contributed by atoms with van der Waals surface area (Å²) in [6.45, 7) is 0. The van der Waals surface area contributed by atoms with Gasteiger partial charge in [-0.15, -0.1) is 0 Å². The Balaban J connectivity index is 1.87. The summed E-state index contributed by atoms with van der Waals surface area (Å²) >= 11 is 0. The maximum Gasteiger partial charge on any atom is 0.341 e. The first-order chi connectivity index (χ1) is 13.7. The van der Waals surface area contributed by atoms with E-state index >= 15 is 0 Å². The molecule has 1 heterocycles. The molecule has 0 radical (unpaired) electrons. The maximum atomic E-state index is 12.1.